The fourth-order valence-corrected chi connectivity index (χ4v) is 2.80. The zero-order chi connectivity index (χ0) is 12.7. The van der Waals surface area contributed by atoms with E-state index in [1.807, 2.05) is 12.4 Å². The quantitative estimate of drug-likeness (QED) is 0.718. The van der Waals surface area contributed by atoms with Gasteiger partial charge in [0.15, 0.2) is 10.6 Å². The molecule has 92 valence electrons. The number of aromatic nitrogens is 5. The van der Waals surface area contributed by atoms with Crippen molar-refractivity contribution in [2.75, 3.05) is 0 Å². The largest absolute Gasteiger partial charge is 0.323 e. The Hall–Kier alpha value is -1.80. The summed E-state index contributed by atoms with van der Waals surface area (Å²) in [4.78, 5) is 16.1. The molecular formula is C10H9N5OS2. The summed E-state index contributed by atoms with van der Waals surface area (Å²) in [6.07, 6.45) is 1.59. The van der Waals surface area contributed by atoms with E-state index >= 15 is 0 Å². The van der Waals surface area contributed by atoms with E-state index in [1.165, 1.54) is 15.9 Å². The van der Waals surface area contributed by atoms with Gasteiger partial charge in [-0.15, -0.1) is 21.5 Å². The number of H-pyrrole nitrogens is 1. The van der Waals surface area contributed by atoms with Gasteiger partial charge >= 0.3 is 0 Å². The molecule has 3 aromatic rings. The lowest BCUT2D eigenvalue weighted by Gasteiger charge is -2.05. The SMILES string of the molecule is Cn1cnnc1Cn1c(=S)[nH]c2sccc2c1=O. The minimum absolute atomic E-state index is 0.0991. The summed E-state index contributed by atoms with van der Waals surface area (Å²) in [6, 6.07) is 1.79. The normalized spacial score (nSPS) is 11.2. The van der Waals surface area contributed by atoms with E-state index in [-0.39, 0.29) is 5.56 Å². The lowest BCUT2D eigenvalue weighted by molar-refractivity contribution is 0.663. The molecule has 0 aliphatic carbocycles. The molecule has 0 amide bonds. The third-order valence-electron chi connectivity index (χ3n) is 2.71. The smallest absolute Gasteiger partial charge is 0.263 e. The van der Waals surface area contributed by atoms with Crippen LogP contribution in [0.25, 0.3) is 10.2 Å². The topological polar surface area (TPSA) is 68.5 Å². The second-order valence-corrected chi connectivity index (χ2v) is 5.15. The minimum atomic E-state index is -0.0991. The van der Waals surface area contributed by atoms with Crippen LogP contribution in [0.4, 0.5) is 0 Å². The molecule has 0 spiro atoms. The monoisotopic (exact) mass is 279 g/mol. The third-order valence-corrected chi connectivity index (χ3v) is 3.86. The highest BCUT2D eigenvalue weighted by molar-refractivity contribution is 7.71. The third kappa shape index (κ3) is 1.70. The molecule has 3 rings (SSSR count). The Morgan fingerprint density at radius 3 is 3.11 bits per heavy atom. The van der Waals surface area contributed by atoms with Gasteiger partial charge in [-0.2, -0.15) is 0 Å². The van der Waals surface area contributed by atoms with Crippen LogP contribution in [0, 0.1) is 4.77 Å². The molecule has 18 heavy (non-hydrogen) atoms. The molecule has 0 fully saturated rings. The van der Waals surface area contributed by atoms with Crippen molar-refractivity contribution < 1.29 is 0 Å². The Bertz CT molecular complexity index is 825. The Kier molecular flexibility index (Phi) is 2.60. The first kappa shape index (κ1) is 11.3. The van der Waals surface area contributed by atoms with Crippen molar-refractivity contribution in [2.24, 2.45) is 7.05 Å². The number of nitrogens with one attached hydrogen (secondary N) is 1. The van der Waals surface area contributed by atoms with Crippen molar-refractivity contribution >= 4 is 33.8 Å². The summed E-state index contributed by atoms with van der Waals surface area (Å²) in [5.41, 5.74) is -0.0991. The van der Waals surface area contributed by atoms with E-state index in [1.54, 1.807) is 17.0 Å². The Morgan fingerprint density at radius 1 is 1.56 bits per heavy atom. The van der Waals surface area contributed by atoms with Gasteiger partial charge in [0.2, 0.25) is 0 Å². The van der Waals surface area contributed by atoms with Gasteiger partial charge < -0.3 is 9.55 Å². The summed E-state index contributed by atoms with van der Waals surface area (Å²) in [5, 5.41) is 10.3. The molecule has 0 bridgehead atoms. The summed E-state index contributed by atoms with van der Waals surface area (Å²) in [6.45, 7) is 0.316. The lowest BCUT2D eigenvalue weighted by atomic mass is 10.4. The van der Waals surface area contributed by atoms with Crippen molar-refractivity contribution in [1.29, 1.82) is 0 Å². The molecule has 1 N–H and O–H groups in total. The van der Waals surface area contributed by atoms with Crippen LogP contribution in [-0.4, -0.2) is 24.3 Å². The van der Waals surface area contributed by atoms with Gasteiger partial charge in [0, 0.05) is 7.05 Å². The van der Waals surface area contributed by atoms with Crippen LogP contribution < -0.4 is 5.56 Å². The average Bonchev–Trinajstić information content (AvgIpc) is 2.94. The molecule has 3 aromatic heterocycles. The van der Waals surface area contributed by atoms with Crippen LogP contribution in [0.2, 0.25) is 0 Å². The van der Waals surface area contributed by atoms with Gasteiger partial charge in [0.05, 0.1) is 11.9 Å². The van der Waals surface area contributed by atoms with Crippen molar-refractivity contribution in [3.05, 3.63) is 38.7 Å². The highest BCUT2D eigenvalue weighted by atomic mass is 32.1. The maximum atomic E-state index is 12.3. The van der Waals surface area contributed by atoms with Crippen molar-refractivity contribution in [3.8, 4) is 0 Å². The highest BCUT2D eigenvalue weighted by Gasteiger charge is 2.09. The predicted molar refractivity (Wildman–Crippen MR) is 71.4 cm³/mol. The van der Waals surface area contributed by atoms with Crippen LogP contribution in [-0.2, 0) is 13.6 Å². The summed E-state index contributed by atoms with van der Waals surface area (Å²) in [5.74, 6) is 0.686. The van der Waals surface area contributed by atoms with Gasteiger partial charge in [0.1, 0.15) is 11.2 Å². The molecule has 0 atom stereocenters. The average molecular weight is 279 g/mol. The predicted octanol–water partition coefficient (Wildman–Crippen LogP) is 1.30. The number of rotatable bonds is 2. The van der Waals surface area contributed by atoms with Crippen LogP contribution in [0.5, 0.6) is 0 Å². The molecular weight excluding hydrogens is 270 g/mol. The number of aryl methyl sites for hydroxylation is 1. The fourth-order valence-electron chi connectivity index (χ4n) is 1.71. The summed E-state index contributed by atoms with van der Waals surface area (Å²) < 4.78 is 3.66. The van der Waals surface area contributed by atoms with Gasteiger partial charge in [-0.25, -0.2) is 0 Å². The van der Waals surface area contributed by atoms with E-state index < -0.39 is 0 Å². The first-order valence-electron chi connectivity index (χ1n) is 5.20. The maximum Gasteiger partial charge on any atom is 0.263 e. The fraction of sp³-hybridized carbons (Fsp3) is 0.200. The molecule has 0 aliphatic rings. The number of hydrogen-bond acceptors (Lipinski definition) is 5. The van der Waals surface area contributed by atoms with Crippen LogP contribution >= 0.6 is 23.6 Å². The van der Waals surface area contributed by atoms with Crippen LogP contribution in [0.1, 0.15) is 5.82 Å². The Morgan fingerprint density at radius 2 is 2.39 bits per heavy atom. The van der Waals surface area contributed by atoms with E-state index in [9.17, 15) is 4.79 Å². The maximum absolute atomic E-state index is 12.3. The summed E-state index contributed by atoms with van der Waals surface area (Å²) >= 11 is 6.67. The van der Waals surface area contributed by atoms with Crippen LogP contribution in [0.15, 0.2) is 22.6 Å². The number of thiophene rings is 1. The minimum Gasteiger partial charge on any atom is -0.323 e. The highest BCUT2D eigenvalue weighted by Crippen LogP contribution is 2.14. The zero-order valence-electron chi connectivity index (χ0n) is 9.45. The van der Waals surface area contributed by atoms with E-state index in [4.69, 9.17) is 12.2 Å². The molecule has 0 unspecified atom stereocenters. The number of fused-ring (bicyclic) bond motifs is 1. The lowest BCUT2D eigenvalue weighted by Crippen LogP contribution is -2.23. The molecule has 0 radical (unpaired) electrons. The van der Waals surface area contributed by atoms with Crippen molar-refractivity contribution in [2.45, 2.75) is 6.54 Å². The van der Waals surface area contributed by atoms with Gasteiger partial charge in [-0.1, -0.05) is 0 Å². The molecule has 8 heteroatoms. The molecule has 6 nitrogen and oxygen atoms in total. The molecule has 0 aromatic carbocycles. The van der Waals surface area contributed by atoms with Gasteiger partial charge in [-0.3, -0.25) is 9.36 Å². The van der Waals surface area contributed by atoms with E-state index in [0.717, 1.165) is 4.83 Å². The van der Waals surface area contributed by atoms with Crippen molar-refractivity contribution in [1.82, 2.24) is 24.3 Å². The van der Waals surface area contributed by atoms with E-state index in [0.29, 0.717) is 22.5 Å². The van der Waals surface area contributed by atoms with Crippen molar-refractivity contribution in [3.63, 3.8) is 0 Å². The molecule has 0 saturated carbocycles. The first-order chi connectivity index (χ1) is 8.66. The molecule has 0 aliphatic heterocycles. The first-order valence-corrected chi connectivity index (χ1v) is 6.49. The second kappa shape index (κ2) is 4.14. The Labute approximate surface area is 111 Å². The standard InChI is InChI=1S/C10H9N5OS2/c1-14-5-11-13-7(14)4-15-9(16)6-2-3-18-8(6)12-10(15)17/h2-3,5H,4H2,1H3,(H,12,17). The number of aromatic amines is 1. The second-order valence-electron chi connectivity index (χ2n) is 3.84. The molecule has 0 saturated heterocycles. The number of hydrogen-bond donors (Lipinski definition) is 1. The Balaban J connectivity index is 2.20. The van der Waals surface area contributed by atoms with E-state index in [2.05, 4.69) is 15.2 Å². The summed E-state index contributed by atoms with van der Waals surface area (Å²) in [7, 11) is 1.83. The van der Waals surface area contributed by atoms with Gasteiger partial charge in [-0.05, 0) is 23.7 Å². The molecule has 3 heterocycles. The number of nitrogens with zero attached hydrogens (tertiary/aromatic N) is 4. The van der Waals surface area contributed by atoms with Crippen LogP contribution in [0.3, 0.4) is 0 Å². The van der Waals surface area contributed by atoms with Gasteiger partial charge in [0.25, 0.3) is 5.56 Å². The zero-order valence-corrected chi connectivity index (χ0v) is 11.1.